The summed E-state index contributed by atoms with van der Waals surface area (Å²) >= 11 is 0. The first kappa shape index (κ1) is 18.3. The van der Waals surface area contributed by atoms with Crippen LogP contribution in [-0.4, -0.2) is 27.5 Å². The van der Waals surface area contributed by atoms with Crippen LogP contribution in [0.3, 0.4) is 0 Å². The summed E-state index contributed by atoms with van der Waals surface area (Å²) in [6.45, 7) is 0. The maximum atomic E-state index is 5.94. The highest BCUT2D eigenvalue weighted by Gasteiger charge is 2.12. The summed E-state index contributed by atoms with van der Waals surface area (Å²) in [4.78, 5) is 4.58. The van der Waals surface area contributed by atoms with Crippen LogP contribution in [0.4, 0.5) is 5.69 Å². The van der Waals surface area contributed by atoms with Crippen molar-refractivity contribution in [1.82, 2.24) is 0 Å². The van der Waals surface area contributed by atoms with Gasteiger partial charge in [-0.25, -0.2) is 0 Å². The van der Waals surface area contributed by atoms with E-state index in [1.54, 1.807) is 27.5 Å². The van der Waals surface area contributed by atoms with E-state index in [1.165, 1.54) is 0 Å². The molecule has 5 heteroatoms. The molecule has 0 bridgehead atoms. The summed E-state index contributed by atoms with van der Waals surface area (Å²) in [7, 11) is 4.74. The third kappa shape index (κ3) is 4.39. The number of hydrogen-bond donors (Lipinski definition) is 0. The molecule has 0 fully saturated rings. The normalized spacial score (nSPS) is 10.6. The minimum atomic E-state index is 0.546. The van der Waals surface area contributed by atoms with Crippen molar-refractivity contribution in [2.24, 2.45) is 4.99 Å². The third-order valence-electron chi connectivity index (χ3n) is 3.88. The van der Waals surface area contributed by atoms with Crippen molar-refractivity contribution in [3.8, 4) is 28.7 Å². The van der Waals surface area contributed by atoms with Crippen molar-refractivity contribution in [3.63, 3.8) is 0 Å². The summed E-state index contributed by atoms with van der Waals surface area (Å²) in [5, 5.41) is 0. The average Bonchev–Trinajstić information content (AvgIpc) is 2.73. The Morgan fingerprint density at radius 2 is 1.33 bits per heavy atom. The molecule has 3 aromatic rings. The second-order valence-corrected chi connectivity index (χ2v) is 5.60. The lowest BCUT2D eigenvalue weighted by Gasteiger charge is -2.12. The van der Waals surface area contributed by atoms with Crippen molar-refractivity contribution in [3.05, 3.63) is 72.3 Å². The van der Waals surface area contributed by atoms with Gasteiger partial charge in [-0.3, -0.25) is 4.99 Å². The lowest BCUT2D eigenvalue weighted by atomic mass is 10.2. The van der Waals surface area contributed by atoms with Crippen LogP contribution in [0.5, 0.6) is 28.7 Å². The molecule has 3 rings (SSSR count). The zero-order valence-electron chi connectivity index (χ0n) is 15.5. The lowest BCUT2D eigenvalue weighted by molar-refractivity contribution is 0.324. The fourth-order valence-corrected chi connectivity index (χ4v) is 2.59. The van der Waals surface area contributed by atoms with Gasteiger partial charge in [0.1, 0.15) is 11.4 Å². The van der Waals surface area contributed by atoms with Crippen LogP contribution in [0, 0.1) is 0 Å². The largest absolute Gasteiger partial charge is 0.493 e. The van der Waals surface area contributed by atoms with E-state index in [0.29, 0.717) is 23.0 Å². The Bertz CT molecular complexity index is 898. The standard InChI is InChI=1S/C22H21NO4/c1-24-20-13-16(14-21(25-2)22(20)26-3)15-23-18-11-7-8-12-19(18)27-17-9-5-4-6-10-17/h4-15H,1-3H3. The number of aliphatic imine (C=N–C) groups is 1. The number of nitrogens with zero attached hydrogens (tertiary/aromatic N) is 1. The second-order valence-electron chi connectivity index (χ2n) is 5.60. The van der Waals surface area contributed by atoms with Gasteiger partial charge in [-0.15, -0.1) is 0 Å². The molecule has 0 spiro atoms. The summed E-state index contributed by atoms with van der Waals surface area (Å²) in [5.41, 5.74) is 1.54. The van der Waals surface area contributed by atoms with Gasteiger partial charge in [0.15, 0.2) is 17.2 Å². The van der Waals surface area contributed by atoms with Crippen molar-refractivity contribution in [1.29, 1.82) is 0 Å². The number of rotatable bonds is 7. The van der Waals surface area contributed by atoms with Crippen LogP contribution in [0.2, 0.25) is 0 Å². The van der Waals surface area contributed by atoms with Crippen LogP contribution in [0.1, 0.15) is 5.56 Å². The number of methoxy groups -OCH3 is 3. The van der Waals surface area contributed by atoms with E-state index < -0.39 is 0 Å². The van der Waals surface area contributed by atoms with E-state index in [4.69, 9.17) is 18.9 Å². The van der Waals surface area contributed by atoms with Crippen LogP contribution < -0.4 is 18.9 Å². The highest BCUT2D eigenvalue weighted by Crippen LogP contribution is 2.38. The van der Waals surface area contributed by atoms with Gasteiger partial charge >= 0.3 is 0 Å². The SMILES string of the molecule is COc1cc(C=Nc2ccccc2Oc2ccccc2)cc(OC)c1OC. The minimum Gasteiger partial charge on any atom is -0.493 e. The van der Waals surface area contributed by atoms with E-state index in [2.05, 4.69) is 4.99 Å². The summed E-state index contributed by atoms with van der Waals surface area (Å²) in [6.07, 6.45) is 1.73. The molecule has 3 aromatic carbocycles. The minimum absolute atomic E-state index is 0.546. The number of hydrogen-bond acceptors (Lipinski definition) is 5. The molecule has 0 N–H and O–H groups in total. The Labute approximate surface area is 158 Å². The molecule has 138 valence electrons. The molecule has 0 aliphatic carbocycles. The predicted octanol–water partition coefficient (Wildman–Crippen LogP) is 5.26. The Balaban J connectivity index is 1.91. The molecular weight excluding hydrogens is 342 g/mol. The zero-order chi connectivity index (χ0) is 19.1. The van der Waals surface area contributed by atoms with Gasteiger partial charge in [0.2, 0.25) is 5.75 Å². The molecule has 0 aromatic heterocycles. The van der Waals surface area contributed by atoms with E-state index in [9.17, 15) is 0 Å². The molecule has 0 amide bonds. The summed E-state index contributed by atoms with van der Waals surface area (Å²) in [5.74, 6) is 3.13. The average molecular weight is 363 g/mol. The first-order chi connectivity index (χ1) is 13.2. The van der Waals surface area contributed by atoms with Crippen molar-refractivity contribution in [2.45, 2.75) is 0 Å². The second kappa shape index (κ2) is 8.76. The molecule has 0 radical (unpaired) electrons. The monoisotopic (exact) mass is 363 g/mol. The van der Waals surface area contributed by atoms with Crippen LogP contribution in [-0.2, 0) is 0 Å². The van der Waals surface area contributed by atoms with Gasteiger partial charge < -0.3 is 18.9 Å². The number of para-hydroxylation sites is 3. The molecular formula is C22H21NO4. The molecule has 0 aliphatic rings. The van der Waals surface area contributed by atoms with E-state index >= 15 is 0 Å². The van der Waals surface area contributed by atoms with Crippen LogP contribution >= 0.6 is 0 Å². The Morgan fingerprint density at radius 1 is 0.704 bits per heavy atom. The van der Waals surface area contributed by atoms with Crippen LogP contribution in [0.15, 0.2) is 71.7 Å². The molecule has 0 saturated heterocycles. The molecule has 0 atom stereocenters. The van der Waals surface area contributed by atoms with Gasteiger partial charge in [-0.1, -0.05) is 30.3 Å². The fraction of sp³-hybridized carbons (Fsp3) is 0.136. The van der Waals surface area contributed by atoms with Gasteiger partial charge in [-0.05, 0) is 36.4 Å². The maximum Gasteiger partial charge on any atom is 0.203 e. The fourth-order valence-electron chi connectivity index (χ4n) is 2.59. The molecule has 0 unspecified atom stereocenters. The third-order valence-corrected chi connectivity index (χ3v) is 3.88. The van der Waals surface area contributed by atoms with E-state index in [-0.39, 0.29) is 0 Å². The molecule has 0 saturated carbocycles. The Kier molecular flexibility index (Phi) is 5.94. The van der Waals surface area contributed by atoms with Crippen molar-refractivity contribution < 1.29 is 18.9 Å². The summed E-state index contributed by atoms with van der Waals surface area (Å²) in [6, 6.07) is 20.9. The topological polar surface area (TPSA) is 49.3 Å². The molecule has 0 aliphatic heterocycles. The lowest BCUT2D eigenvalue weighted by Crippen LogP contribution is -1.96. The highest BCUT2D eigenvalue weighted by molar-refractivity contribution is 5.85. The first-order valence-electron chi connectivity index (χ1n) is 8.41. The smallest absolute Gasteiger partial charge is 0.203 e. The highest BCUT2D eigenvalue weighted by atomic mass is 16.5. The quantitative estimate of drug-likeness (QED) is 0.538. The molecule has 0 heterocycles. The van der Waals surface area contributed by atoms with Gasteiger partial charge in [-0.2, -0.15) is 0 Å². The van der Waals surface area contributed by atoms with Gasteiger partial charge in [0.05, 0.1) is 21.3 Å². The maximum absolute atomic E-state index is 5.94. The van der Waals surface area contributed by atoms with E-state index in [1.807, 2.05) is 66.7 Å². The predicted molar refractivity (Wildman–Crippen MR) is 106 cm³/mol. The number of ether oxygens (including phenoxy) is 4. The van der Waals surface area contributed by atoms with Gasteiger partial charge in [0.25, 0.3) is 0 Å². The van der Waals surface area contributed by atoms with Crippen molar-refractivity contribution in [2.75, 3.05) is 21.3 Å². The van der Waals surface area contributed by atoms with E-state index in [0.717, 1.165) is 17.0 Å². The Hall–Kier alpha value is -3.47. The number of benzene rings is 3. The zero-order valence-corrected chi connectivity index (χ0v) is 15.5. The molecule has 27 heavy (non-hydrogen) atoms. The molecule has 5 nitrogen and oxygen atoms in total. The first-order valence-corrected chi connectivity index (χ1v) is 8.41. The van der Waals surface area contributed by atoms with Gasteiger partial charge in [0, 0.05) is 11.8 Å². The Morgan fingerprint density at radius 3 is 1.96 bits per heavy atom. The summed E-state index contributed by atoms with van der Waals surface area (Å²) < 4.78 is 22.1. The van der Waals surface area contributed by atoms with Crippen LogP contribution in [0.25, 0.3) is 0 Å². The van der Waals surface area contributed by atoms with Crippen molar-refractivity contribution >= 4 is 11.9 Å².